The van der Waals surface area contributed by atoms with Crippen LogP contribution >= 0.6 is 22.9 Å². The molecule has 1 aromatic heterocycles. The second-order valence-corrected chi connectivity index (χ2v) is 10.3. The summed E-state index contributed by atoms with van der Waals surface area (Å²) in [6.45, 7) is 0. The van der Waals surface area contributed by atoms with Gasteiger partial charge in [-0.15, -0.1) is 11.3 Å². The molecule has 4 nitrogen and oxygen atoms in total. The van der Waals surface area contributed by atoms with Crippen molar-refractivity contribution in [1.82, 2.24) is 0 Å². The molecule has 1 aromatic carbocycles. The van der Waals surface area contributed by atoms with Crippen LogP contribution in [0.1, 0.15) is 42.5 Å². The summed E-state index contributed by atoms with van der Waals surface area (Å²) in [4.78, 5) is 12.8. The minimum Gasteiger partial charge on any atom is -0.480 e. The van der Waals surface area contributed by atoms with E-state index in [0.717, 1.165) is 31.2 Å². The fourth-order valence-corrected chi connectivity index (χ4v) is 5.21. The number of benzene rings is 1. The lowest BCUT2D eigenvalue weighted by molar-refractivity contribution is -0.136. The third-order valence-electron chi connectivity index (χ3n) is 4.44. The third-order valence-corrected chi connectivity index (χ3v) is 7.59. The summed E-state index contributed by atoms with van der Waals surface area (Å²) in [5, 5.41) is 10.7. The monoisotopic (exact) mass is 440 g/mol. The molecule has 0 aliphatic carbocycles. The molecular weight excluding hydrogens is 416 g/mol. The van der Waals surface area contributed by atoms with Gasteiger partial charge in [0.2, 0.25) is 0 Å². The quantitative estimate of drug-likeness (QED) is 0.444. The van der Waals surface area contributed by atoms with E-state index >= 15 is 0 Å². The molecule has 28 heavy (non-hydrogen) atoms. The first-order valence-corrected chi connectivity index (χ1v) is 12.2. The topological polar surface area (TPSA) is 71.4 Å². The Labute approximate surface area is 175 Å². The van der Waals surface area contributed by atoms with Gasteiger partial charge in [0.15, 0.2) is 15.1 Å². The van der Waals surface area contributed by atoms with Crippen LogP contribution in [0.3, 0.4) is 0 Å². The maximum Gasteiger partial charge on any atom is 0.321 e. The van der Waals surface area contributed by atoms with Gasteiger partial charge in [-0.05, 0) is 48.4 Å². The molecule has 1 N–H and O–H groups in total. The van der Waals surface area contributed by atoms with Crippen molar-refractivity contribution in [3.63, 3.8) is 0 Å². The van der Waals surface area contributed by atoms with Gasteiger partial charge in [-0.3, -0.25) is 4.79 Å². The van der Waals surface area contributed by atoms with Crippen molar-refractivity contribution in [2.45, 2.75) is 43.8 Å². The van der Waals surface area contributed by atoms with Crippen molar-refractivity contribution in [3.8, 4) is 0 Å². The first kappa shape index (κ1) is 22.7. The first-order valence-electron chi connectivity index (χ1n) is 9.27. The van der Waals surface area contributed by atoms with Crippen LogP contribution in [0.15, 0.2) is 47.9 Å². The average Bonchev–Trinajstić information content (AvgIpc) is 3.15. The van der Waals surface area contributed by atoms with Crippen molar-refractivity contribution in [2.75, 3.05) is 5.75 Å². The number of carboxylic acids is 1. The zero-order chi connectivity index (χ0) is 20.4. The van der Waals surface area contributed by atoms with E-state index in [4.69, 9.17) is 11.6 Å². The fraction of sp³-hybridized carbons (Fsp3) is 0.381. The Morgan fingerprint density at radius 1 is 1.11 bits per heavy atom. The molecule has 0 aliphatic rings. The normalized spacial score (nSPS) is 13.0. The summed E-state index contributed by atoms with van der Waals surface area (Å²) in [5.74, 6) is -1.55. The van der Waals surface area contributed by atoms with Crippen molar-refractivity contribution >= 4 is 44.8 Å². The molecule has 0 bridgehead atoms. The molecule has 0 saturated heterocycles. The summed E-state index contributed by atoms with van der Waals surface area (Å²) in [7, 11) is -3.74. The largest absolute Gasteiger partial charge is 0.480 e. The third kappa shape index (κ3) is 7.78. The highest BCUT2D eigenvalue weighted by atomic mass is 35.5. The molecule has 2 aromatic rings. The number of carbonyl (C=O) groups is 1. The highest BCUT2D eigenvalue weighted by Gasteiger charge is 2.30. The van der Waals surface area contributed by atoms with Crippen molar-refractivity contribution < 1.29 is 18.3 Å². The van der Waals surface area contributed by atoms with E-state index in [1.54, 1.807) is 41.7 Å². The van der Waals surface area contributed by atoms with E-state index < -0.39 is 21.1 Å². The van der Waals surface area contributed by atoms with Gasteiger partial charge >= 0.3 is 5.97 Å². The molecule has 1 heterocycles. The molecular formula is C21H25ClO4S2. The number of halogens is 1. The maximum atomic E-state index is 12.4. The fourth-order valence-electron chi connectivity index (χ4n) is 2.90. The highest BCUT2D eigenvalue weighted by molar-refractivity contribution is 7.92. The lowest BCUT2D eigenvalue weighted by Gasteiger charge is -2.12. The standard InChI is InChI=1S/C21H25ClO4S2/c22-18-13-11-17(12-14-18)7-6-16-28(25,26)20(21(23)24)10-4-2-1-3-8-19-9-5-15-27-19/h5-7,9,11-15,20H,1-4,8,10,16H2,(H,23,24). The first-order chi connectivity index (χ1) is 13.4. The molecule has 0 spiro atoms. The summed E-state index contributed by atoms with van der Waals surface area (Å²) < 4.78 is 24.9. The summed E-state index contributed by atoms with van der Waals surface area (Å²) >= 11 is 7.55. The van der Waals surface area contributed by atoms with Crippen LogP contribution in [0.5, 0.6) is 0 Å². The molecule has 0 saturated carbocycles. The molecule has 152 valence electrons. The van der Waals surface area contributed by atoms with Crippen molar-refractivity contribution in [2.24, 2.45) is 0 Å². The summed E-state index contributed by atoms with van der Waals surface area (Å²) in [6.07, 6.45) is 7.79. The number of sulfone groups is 1. The van der Waals surface area contributed by atoms with Crippen LogP contribution in [0.2, 0.25) is 5.02 Å². The van der Waals surface area contributed by atoms with Gasteiger partial charge in [0.05, 0.1) is 5.75 Å². The van der Waals surface area contributed by atoms with Crippen LogP contribution < -0.4 is 0 Å². The zero-order valence-electron chi connectivity index (χ0n) is 15.6. The van der Waals surface area contributed by atoms with Gasteiger partial charge in [-0.2, -0.15) is 0 Å². The van der Waals surface area contributed by atoms with Crippen molar-refractivity contribution in [3.05, 3.63) is 63.3 Å². The lowest BCUT2D eigenvalue weighted by atomic mass is 10.1. The Morgan fingerprint density at radius 3 is 2.46 bits per heavy atom. The number of carboxylic acid groups (broad SMARTS) is 1. The Morgan fingerprint density at radius 2 is 1.82 bits per heavy atom. The predicted molar refractivity (Wildman–Crippen MR) is 117 cm³/mol. The minimum absolute atomic E-state index is 0.158. The summed E-state index contributed by atoms with van der Waals surface area (Å²) in [5.41, 5.74) is 0.817. The van der Waals surface area contributed by atoms with E-state index in [0.29, 0.717) is 11.4 Å². The second-order valence-electron chi connectivity index (χ2n) is 6.64. The van der Waals surface area contributed by atoms with Gasteiger partial charge in [0.25, 0.3) is 0 Å². The lowest BCUT2D eigenvalue weighted by Crippen LogP contribution is -2.31. The molecule has 7 heteroatoms. The van der Waals surface area contributed by atoms with Crippen LogP contribution in [0.25, 0.3) is 6.08 Å². The smallest absolute Gasteiger partial charge is 0.321 e. The Bertz CT molecular complexity index is 856. The Hall–Kier alpha value is -1.63. The number of unbranched alkanes of at least 4 members (excludes halogenated alkanes) is 3. The Balaban J connectivity index is 1.78. The van der Waals surface area contributed by atoms with Gasteiger partial charge in [0, 0.05) is 9.90 Å². The second kappa shape index (κ2) is 11.4. The number of hydrogen-bond donors (Lipinski definition) is 1. The van der Waals surface area contributed by atoms with Crippen molar-refractivity contribution in [1.29, 1.82) is 0 Å². The number of aliphatic carboxylic acids is 1. The SMILES string of the molecule is O=C(O)C(CCCCCCc1cccs1)S(=O)(=O)CC=Cc1ccc(Cl)cc1. The van der Waals surface area contributed by atoms with E-state index in [-0.39, 0.29) is 12.2 Å². The minimum atomic E-state index is -3.74. The zero-order valence-corrected chi connectivity index (χ0v) is 18.0. The molecule has 1 atom stereocenters. The number of rotatable bonds is 12. The Kier molecular flexibility index (Phi) is 9.22. The molecule has 1 unspecified atom stereocenters. The van der Waals surface area contributed by atoms with Crippen LogP contribution in [0.4, 0.5) is 0 Å². The summed E-state index contributed by atoms with van der Waals surface area (Å²) in [6, 6.07) is 11.1. The van der Waals surface area contributed by atoms with Gasteiger partial charge in [-0.25, -0.2) is 8.42 Å². The molecule has 0 amide bonds. The maximum absolute atomic E-state index is 12.4. The molecule has 0 aliphatic heterocycles. The van der Waals surface area contributed by atoms with E-state index in [1.165, 1.54) is 11.0 Å². The van der Waals surface area contributed by atoms with Crippen LogP contribution in [0, 0.1) is 0 Å². The highest BCUT2D eigenvalue weighted by Crippen LogP contribution is 2.17. The molecule has 0 fully saturated rings. The number of thiophene rings is 1. The van der Waals surface area contributed by atoms with Gasteiger partial charge in [0.1, 0.15) is 0 Å². The molecule has 0 radical (unpaired) electrons. The average molecular weight is 441 g/mol. The van der Waals surface area contributed by atoms with E-state index in [2.05, 4.69) is 11.4 Å². The van der Waals surface area contributed by atoms with E-state index in [1.807, 2.05) is 6.07 Å². The van der Waals surface area contributed by atoms with Crippen LogP contribution in [-0.4, -0.2) is 30.5 Å². The van der Waals surface area contributed by atoms with Crippen LogP contribution in [-0.2, 0) is 21.1 Å². The van der Waals surface area contributed by atoms with Gasteiger partial charge in [-0.1, -0.05) is 61.2 Å². The number of hydrogen-bond acceptors (Lipinski definition) is 4. The molecule has 2 rings (SSSR count). The number of aryl methyl sites for hydroxylation is 1. The van der Waals surface area contributed by atoms with Gasteiger partial charge < -0.3 is 5.11 Å². The predicted octanol–water partition coefficient (Wildman–Crippen LogP) is 5.48. The van der Waals surface area contributed by atoms with E-state index in [9.17, 15) is 18.3 Å².